The molecule has 34 heavy (non-hydrogen) atoms. The first kappa shape index (κ1) is 22.2. The van der Waals surface area contributed by atoms with Crippen LogP contribution in [0.25, 0.3) is 17.3 Å². The Morgan fingerprint density at radius 1 is 1.12 bits per heavy atom. The summed E-state index contributed by atoms with van der Waals surface area (Å²) in [5.74, 6) is 1.47. The van der Waals surface area contributed by atoms with E-state index in [0.717, 1.165) is 54.0 Å². The lowest BCUT2D eigenvalue weighted by Crippen LogP contribution is -2.32. The molecule has 2 aliphatic heterocycles. The van der Waals surface area contributed by atoms with Crippen molar-refractivity contribution >= 4 is 23.9 Å². The molecule has 3 aromatic rings. The predicted octanol–water partition coefficient (Wildman–Crippen LogP) is 5.21. The average molecular weight is 455 g/mol. The lowest BCUT2D eigenvalue weighted by atomic mass is 9.89. The second-order valence-corrected chi connectivity index (χ2v) is 8.98. The van der Waals surface area contributed by atoms with Gasteiger partial charge >= 0.3 is 0 Å². The first-order valence-electron chi connectivity index (χ1n) is 12.0. The summed E-state index contributed by atoms with van der Waals surface area (Å²) in [5.41, 5.74) is 5.76. The monoisotopic (exact) mass is 454 g/mol. The number of hydrogen-bond donors (Lipinski definition) is 3. The molecule has 1 saturated heterocycles. The Bertz CT molecular complexity index is 1180. The number of nitrogens with zero attached hydrogens (tertiary/aromatic N) is 2. The number of phenols is 1. The molecule has 0 radical (unpaired) electrons. The van der Waals surface area contributed by atoms with E-state index in [0.29, 0.717) is 11.7 Å². The molecule has 1 unspecified atom stereocenters. The Balaban J connectivity index is 1.44. The second-order valence-electron chi connectivity index (χ2n) is 8.98. The van der Waals surface area contributed by atoms with E-state index in [2.05, 4.69) is 46.7 Å². The van der Waals surface area contributed by atoms with Gasteiger partial charge in [0.25, 0.3) is 0 Å². The maximum absolute atomic E-state index is 11.8. The second kappa shape index (κ2) is 9.69. The molecule has 0 spiro atoms. The lowest BCUT2D eigenvalue weighted by Gasteiger charge is -2.31. The quantitative estimate of drug-likeness (QED) is 0.444. The van der Waals surface area contributed by atoms with Crippen LogP contribution in [0, 0.1) is 0 Å². The number of aromatic hydroxyl groups is 1. The molecular formula is C28H30N4O2. The third-order valence-electron chi connectivity index (χ3n) is 6.92. The van der Waals surface area contributed by atoms with Gasteiger partial charge in [0.1, 0.15) is 23.9 Å². The van der Waals surface area contributed by atoms with Crippen LogP contribution in [0.3, 0.4) is 0 Å². The largest absolute Gasteiger partial charge is 0.508 e. The van der Waals surface area contributed by atoms with Crippen molar-refractivity contribution in [3.8, 4) is 17.0 Å². The molecule has 0 amide bonds. The maximum atomic E-state index is 11.8. The highest BCUT2D eigenvalue weighted by Crippen LogP contribution is 2.35. The fraction of sp³-hybridized carbons (Fsp3) is 0.286. The summed E-state index contributed by atoms with van der Waals surface area (Å²) in [5, 5.41) is 16.2. The zero-order valence-electron chi connectivity index (χ0n) is 19.4. The summed E-state index contributed by atoms with van der Waals surface area (Å²) < 4.78 is 0. The van der Waals surface area contributed by atoms with Gasteiger partial charge < -0.3 is 25.4 Å². The molecule has 3 N–H and O–H groups in total. The standard InChI is InChI=1S/C28H30N4O2/c1-2-32-15-12-20(13-16-32)19-3-7-23(8-4-19)30-28-27-22(11-14-29-26(27)18-33)17-25(31-28)21-5-9-24(34)10-6-21/h3-11,14,17-18,20,26,29,34H,2,12-13,15-16H2,1H3,(H,30,31). The van der Waals surface area contributed by atoms with E-state index in [1.807, 2.05) is 24.3 Å². The first-order valence-corrected chi connectivity index (χ1v) is 12.0. The van der Waals surface area contributed by atoms with E-state index in [-0.39, 0.29) is 5.75 Å². The van der Waals surface area contributed by atoms with Crippen LogP contribution in [0.4, 0.5) is 11.5 Å². The summed E-state index contributed by atoms with van der Waals surface area (Å²) in [7, 11) is 0. The number of benzene rings is 2. The third-order valence-corrected chi connectivity index (χ3v) is 6.92. The Labute approximate surface area is 200 Å². The van der Waals surface area contributed by atoms with Crippen LogP contribution in [0.5, 0.6) is 5.75 Å². The van der Waals surface area contributed by atoms with Gasteiger partial charge in [0.15, 0.2) is 0 Å². The Hall–Kier alpha value is -3.64. The molecule has 3 heterocycles. The highest BCUT2D eigenvalue weighted by atomic mass is 16.3. The van der Waals surface area contributed by atoms with Gasteiger partial charge in [-0.15, -0.1) is 0 Å². The minimum absolute atomic E-state index is 0.214. The zero-order valence-corrected chi connectivity index (χ0v) is 19.4. The zero-order chi connectivity index (χ0) is 23.5. The van der Waals surface area contributed by atoms with Crippen molar-refractivity contribution in [3.63, 3.8) is 0 Å². The van der Waals surface area contributed by atoms with Crippen molar-refractivity contribution in [2.45, 2.75) is 31.7 Å². The number of fused-ring (bicyclic) bond motifs is 1. The average Bonchev–Trinajstić information content (AvgIpc) is 2.89. The lowest BCUT2D eigenvalue weighted by molar-refractivity contribution is -0.109. The predicted molar refractivity (Wildman–Crippen MR) is 136 cm³/mol. The SMILES string of the molecule is CCN1CCC(c2ccc(Nc3nc(-c4ccc(O)cc4)cc4c3C(C=O)NC=C4)cc2)CC1. The molecule has 174 valence electrons. The Morgan fingerprint density at radius 2 is 1.85 bits per heavy atom. The third kappa shape index (κ3) is 4.54. The van der Waals surface area contributed by atoms with Gasteiger partial charge in [-0.05, 0) is 104 Å². The minimum atomic E-state index is -0.466. The first-order chi connectivity index (χ1) is 16.6. The smallest absolute Gasteiger partial charge is 0.146 e. The van der Waals surface area contributed by atoms with Crippen LogP contribution in [-0.4, -0.2) is 40.9 Å². The molecule has 0 bridgehead atoms. The molecule has 2 aliphatic rings. The fourth-order valence-corrected chi connectivity index (χ4v) is 4.90. The van der Waals surface area contributed by atoms with Gasteiger partial charge in [-0.25, -0.2) is 4.98 Å². The molecule has 0 saturated carbocycles. The van der Waals surface area contributed by atoms with Crippen LogP contribution < -0.4 is 10.6 Å². The normalized spacial score (nSPS) is 18.2. The molecule has 2 aromatic carbocycles. The van der Waals surface area contributed by atoms with E-state index in [4.69, 9.17) is 4.98 Å². The number of pyridine rings is 1. The number of rotatable bonds is 6. The van der Waals surface area contributed by atoms with Gasteiger partial charge in [0.05, 0.1) is 5.69 Å². The topological polar surface area (TPSA) is 77.5 Å². The molecule has 5 rings (SSSR count). The van der Waals surface area contributed by atoms with Gasteiger partial charge in [-0.2, -0.15) is 0 Å². The minimum Gasteiger partial charge on any atom is -0.508 e. The van der Waals surface area contributed by atoms with Gasteiger partial charge in [0, 0.05) is 16.8 Å². The number of phenolic OH excluding ortho intramolecular Hbond substituents is 1. The van der Waals surface area contributed by atoms with Crippen molar-refractivity contribution in [2.24, 2.45) is 0 Å². The van der Waals surface area contributed by atoms with Crippen molar-refractivity contribution in [2.75, 3.05) is 25.0 Å². The van der Waals surface area contributed by atoms with E-state index in [1.165, 1.54) is 18.4 Å². The van der Waals surface area contributed by atoms with E-state index >= 15 is 0 Å². The highest BCUT2D eigenvalue weighted by Gasteiger charge is 2.23. The van der Waals surface area contributed by atoms with Crippen molar-refractivity contribution in [1.29, 1.82) is 0 Å². The Kier molecular flexibility index (Phi) is 6.32. The van der Waals surface area contributed by atoms with Crippen molar-refractivity contribution < 1.29 is 9.90 Å². The summed E-state index contributed by atoms with van der Waals surface area (Å²) in [4.78, 5) is 19.2. The Morgan fingerprint density at radius 3 is 2.53 bits per heavy atom. The highest BCUT2D eigenvalue weighted by molar-refractivity contribution is 5.80. The molecular weight excluding hydrogens is 424 g/mol. The van der Waals surface area contributed by atoms with Crippen LogP contribution in [-0.2, 0) is 4.79 Å². The molecule has 6 nitrogen and oxygen atoms in total. The summed E-state index contributed by atoms with van der Waals surface area (Å²) in [6, 6.07) is 17.1. The summed E-state index contributed by atoms with van der Waals surface area (Å²) in [6.45, 7) is 5.68. The summed E-state index contributed by atoms with van der Waals surface area (Å²) >= 11 is 0. The number of aldehydes is 1. The molecule has 6 heteroatoms. The van der Waals surface area contributed by atoms with Gasteiger partial charge in [0.2, 0.25) is 0 Å². The van der Waals surface area contributed by atoms with E-state index < -0.39 is 6.04 Å². The van der Waals surface area contributed by atoms with E-state index in [9.17, 15) is 9.90 Å². The number of carbonyl (C=O) groups is 1. The number of anilines is 2. The van der Waals surface area contributed by atoms with E-state index in [1.54, 1.807) is 18.3 Å². The number of likely N-dealkylation sites (tertiary alicyclic amines) is 1. The van der Waals surface area contributed by atoms with Gasteiger partial charge in [-0.1, -0.05) is 19.1 Å². The maximum Gasteiger partial charge on any atom is 0.146 e. The van der Waals surface area contributed by atoms with Crippen molar-refractivity contribution in [1.82, 2.24) is 15.2 Å². The van der Waals surface area contributed by atoms with Crippen LogP contribution in [0.15, 0.2) is 60.8 Å². The van der Waals surface area contributed by atoms with Crippen LogP contribution in [0.2, 0.25) is 0 Å². The number of hydrogen-bond acceptors (Lipinski definition) is 6. The number of nitrogens with one attached hydrogen (secondary N) is 2. The molecule has 1 atom stereocenters. The van der Waals surface area contributed by atoms with Crippen molar-refractivity contribution in [3.05, 3.63) is 77.5 Å². The summed E-state index contributed by atoms with van der Waals surface area (Å²) in [6.07, 6.45) is 7.05. The van der Waals surface area contributed by atoms with Gasteiger partial charge in [-0.3, -0.25) is 0 Å². The number of piperidine rings is 1. The molecule has 1 aromatic heterocycles. The van der Waals surface area contributed by atoms with Crippen LogP contribution in [0.1, 0.15) is 48.4 Å². The van der Waals surface area contributed by atoms with Crippen LogP contribution >= 0.6 is 0 Å². The molecule has 0 aliphatic carbocycles. The molecule has 1 fully saturated rings. The number of aromatic nitrogens is 1. The fourth-order valence-electron chi connectivity index (χ4n) is 4.90. The number of carbonyl (C=O) groups excluding carboxylic acids is 1.